The van der Waals surface area contributed by atoms with Gasteiger partial charge in [0, 0.05) is 12.6 Å². The van der Waals surface area contributed by atoms with Gasteiger partial charge in [-0.2, -0.15) is 0 Å². The van der Waals surface area contributed by atoms with Crippen LogP contribution in [-0.2, 0) is 10.0 Å². The van der Waals surface area contributed by atoms with Gasteiger partial charge in [0.25, 0.3) is 0 Å². The van der Waals surface area contributed by atoms with Crippen molar-refractivity contribution in [2.45, 2.75) is 23.8 Å². The second kappa shape index (κ2) is 5.69. The van der Waals surface area contributed by atoms with Gasteiger partial charge in [0.15, 0.2) is 0 Å². The largest absolute Gasteiger partial charge is 0.495 e. The zero-order chi connectivity index (χ0) is 13.0. The minimum absolute atomic E-state index is 0.0475. The van der Waals surface area contributed by atoms with Crippen LogP contribution in [-0.4, -0.2) is 34.7 Å². The summed E-state index contributed by atoms with van der Waals surface area (Å²) < 4.78 is 32.3. The van der Waals surface area contributed by atoms with Crippen LogP contribution in [0.5, 0.6) is 5.75 Å². The molecule has 0 aromatic heterocycles. The van der Waals surface area contributed by atoms with Crippen LogP contribution in [0.4, 0.5) is 0 Å². The fourth-order valence-electron chi connectivity index (χ4n) is 2.08. The number of piperidine rings is 1. The van der Waals surface area contributed by atoms with Crippen molar-refractivity contribution in [1.82, 2.24) is 10.0 Å². The molecule has 1 aliphatic rings. The van der Waals surface area contributed by atoms with Crippen molar-refractivity contribution in [2.75, 3.05) is 20.2 Å². The van der Waals surface area contributed by atoms with Crippen LogP contribution in [0.3, 0.4) is 0 Å². The van der Waals surface area contributed by atoms with Gasteiger partial charge in [-0.3, -0.25) is 0 Å². The molecule has 2 N–H and O–H groups in total. The Morgan fingerprint density at radius 2 is 2.17 bits per heavy atom. The molecule has 0 bridgehead atoms. The van der Waals surface area contributed by atoms with Crippen molar-refractivity contribution < 1.29 is 13.2 Å². The summed E-state index contributed by atoms with van der Waals surface area (Å²) in [5.74, 6) is 0.369. The smallest absolute Gasteiger partial charge is 0.244 e. The molecule has 1 atom stereocenters. The molecule has 100 valence electrons. The number of sulfonamides is 1. The van der Waals surface area contributed by atoms with Crippen molar-refractivity contribution in [3.63, 3.8) is 0 Å². The fraction of sp³-hybridized carbons (Fsp3) is 0.500. The van der Waals surface area contributed by atoms with E-state index in [2.05, 4.69) is 10.0 Å². The molecule has 5 nitrogen and oxygen atoms in total. The Bertz CT molecular complexity index is 496. The Morgan fingerprint density at radius 1 is 1.39 bits per heavy atom. The molecule has 1 aromatic carbocycles. The maximum absolute atomic E-state index is 12.3. The SMILES string of the molecule is COc1ccccc1S(=O)(=O)N[C@H]1CCCNC1. The Morgan fingerprint density at radius 3 is 2.83 bits per heavy atom. The van der Waals surface area contributed by atoms with Crippen LogP contribution < -0.4 is 14.8 Å². The van der Waals surface area contributed by atoms with Gasteiger partial charge >= 0.3 is 0 Å². The summed E-state index contributed by atoms with van der Waals surface area (Å²) in [6.45, 7) is 1.63. The van der Waals surface area contributed by atoms with Crippen LogP contribution in [0.2, 0.25) is 0 Å². The molecule has 0 saturated carbocycles. The van der Waals surface area contributed by atoms with E-state index in [1.54, 1.807) is 24.3 Å². The average molecular weight is 270 g/mol. The quantitative estimate of drug-likeness (QED) is 0.846. The number of para-hydroxylation sites is 1. The summed E-state index contributed by atoms with van der Waals surface area (Å²) in [7, 11) is -2.05. The Hall–Kier alpha value is -1.11. The highest BCUT2D eigenvalue weighted by Crippen LogP contribution is 2.23. The van der Waals surface area contributed by atoms with Crippen LogP contribution >= 0.6 is 0 Å². The second-order valence-corrected chi connectivity index (χ2v) is 6.00. The van der Waals surface area contributed by atoms with Crippen molar-refractivity contribution >= 4 is 10.0 Å². The predicted octanol–water partition coefficient (Wildman–Crippen LogP) is 0.725. The minimum Gasteiger partial charge on any atom is -0.495 e. The van der Waals surface area contributed by atoms with Gasteiger partial charge in [0.05, 0.1) is 7.11 Å². The van der Waals surface area contributed by atoms with E-state index in [0.717, 1.165) is 19.4 Å². The minimum atomic E-state index is -3.52. The standard InChI is InChI=1S/C12H18N2O3S/c1-17-11-6-2-3-7-12(11)18(15,16)14-10-5-4-8-13-9-10/h2-3,6-7,10,13-14H,4-5,8-9H2,1H3/t10-/m0/s1. The van der Waals surface area contributed by atoms with E-state index in [1.165, 1.54) is 7.11 Å². The average Bonchev–Trinajstić information content (AvgIpc) is 2.39. The number of rotatable bonds is 4. The van der Waals surface area contributed by atoms with E-state index in [4.69, 9.17) is 4.74 Å². The third-order valence-corrected chi connectivity index (χ3v) is 4.54. The van der Waals surface area contributed by atoms with Gasteiger partial charge in [0.1, 0.15) is 10.6 Å². The van der Waals surface area contributed by atoms with E-state index >= 15 is 0 Å². The van der Waals surface area contributed by atoms with Crippen molar-refractivity contribution in [3.8, 4) is 5.75 Å². The topological polar surface area (TPSA) is 67.4 Å². The lowest BCUT2D eigenvalue weighted by atomic mass is 10.1. The summed E-state index contributed by atoms with van der Waals surface area (Å²) in [5.41, 5.74) is 0. The molecular formula is C12H18N2O3S. The lowest BCUT2D eigenvalue weighted by Gasteiger charge is -2.24. The molecule has 1 fully saturated rings. The first-order valence-corrected chi connectivity index (χ1v) is 7.48. The van der Waals surface area contributed by atoms with Crippen LogP contribution in [0.15, 0.2) is 29.2 Å². The van der Waals surface area contributed by atoms with Crippen LogP contribution in [0, 0.1) is 0 Å². The highest BCUT2D eigenvalue weighted by atomic mass is 32.2. The third kappa shape index (κ3) is 3.01. The monoisotopic (exact) mass is 270 g/mol. The van der Waals surface area contributed by atoms with Crippen molar-refractivity contribution in [3.05, 3.63) is 24.3 Å². The maximum atomic E-state index is 12.3. The first kappa shape index (κ1) is 13.3. The molecule has 2 rings (SSSR count). The summed E-state index contributed by atoms with van der Waals surface area (Å²) in [4.78, 5) is 0.193. The highest BCUT2D eigenvalue weighted by Gasteiger charge is 2.24. The first-order chi connectivity index (χ1) is 8.63. The molecule has 0 amide bonds. The molecule has 0 radical (unpaired) electrons. The van der Waals surface area contributed by atoms with E-state index in [0.29, 0.717) is 12.3 Å². The third-order valence-electron chi connectivity index (χ3n) is 2.98. The lowest BCUT2D eigenvalue weighted by molar-refractivity contribution is 0.399. The normalized spacial score (nSPS) is 20.6. The number of benzene rings is 1. The van der Waals surface area contributed by atoms with Gasteiger partial charge in [-0.1, -0.05) is 12.1 Å². The van der Waals surface area contributed by atoms with Gasteiger partial charge in [0.2, 0.25) is 10.0 Å². The number of nitrogens with one attached hydrogen (secondary N) is 2. The molecule has 18 heavy (non-hydrogen) atoms. The maximum Gasteiger partial charge on any atom is 0.244 e. The lowest BCUT2D eigenvalue weighted by Crippen LogP contribution is -2.45. The van der Waals surface area contributed by atoms with Crippen molar-refractivity contribution in [2.24, 2.45) is 0 Å². The van der Waals surface area contributed by atoms with Crippen LogP contribution in [0.25, 0.3) is 0 Å². The number of hydrogen-bond donors (Lipinski definition) is 2. The summed E-state index contributed by atoms with van der Waals surface area (Å²) in [6, 6.07) is 6.59. The fourth-order valence-corrected chi connectivity index (χ4v) is 3.52. The molecule has 0 unspecified atom stereocenters. The molecule has 1 heterocycles. The van der Waals surface area contributed by atoms with Gasteiger partial charge in [-0.25, -0.2) is 13.1 Å². The molecular weight excluding hydrogens is 252 g/mol. The molecule has 0 spiro atoms. The van der Waals surface area contributed by atoms with E-state index in [9.17, 15) is 8.42 Å². The zero-order valence-corrected chi connectivity index (χ0v) is 11.2. The summed E-state index contributed by atoms with van der Waals surface area (Å²) >= 11 is 0. The van der Waals surface area contributed by atoms with Gasteiger partial charge < -0.3 is 10.1 Å². The van der Waals surface area contributed by atoms with Gasteiger partial charge in [-0.15, -0.1) is 0 Å². The Labute approximate surface area is 108 Å². The Balaban J connectivity index is 2.19. The predicted molar refractivity (Wildman–Crippen MR) is 69.2 cm³/mol. The van der Waals surface area contributed by atoms with Crippen molar-refractivity contribution in [1.29, 1.82) is 0 Å². The Kier molecular flexibility index (Phi) is 4.21. The van der Waals surface area contributed by atoms with E-state index in [-0.39, 0.29) is 10.9 Å². The number of ether oxygens (including phenoxy) is 1. The van der Waals surface area contributed by atoms with E-state index in [1.807, 2.05) is 0 Å². The highest BCUT2D eigenvalue weighted by molar-refractivity contribution is 7.89. The molecule has 1 aliphatic heterocycles. The number of hydrogen-bond acceptors (Lipinski definition) is 4. The van der Waals surface area contributed by atoms with E-state index < -0.39 is 10.0 Å². The summed E-state index contributed by atoms with van der Waals surface area (Å²) in [5, 5.41) is 3.18. The molecule has 1 saturated heterocycles. The molecule has 6 heteroatoms. The molecule has 0 aliphatic carbocycles. The van der Waals surface area contributed by atoms with Gasteiger partial charge in [-0.05, 0) is 31.5 Å². The second-order valence-electron chi connectivity index (χ2n) is 4.32. The molecule has 1 aromatic rings. The number of methoxy groups -OCH3 is 1. The summed E-state index contributed by atoms with van der Waals surface area (Å²) in [6.07, 6.45) is 1.85. The first-order valence-electron chi connectivity index (χ1n) is 5.99. The van der Waals surface area contributed by atoms with Crippen LogP contribution in [0.1, 0.15) is 12.8 Å². The zero-order valence-electron chi connectivity index (χ0n) is 10.3.